The highest BCUT2D eigenvalue weighted by atomic mass is 35.5. The Kier molecular flexibility index (Phi) is 4.52. The van der Waals surface area contributed by atoms with Crippen LogP contribution in [-0.4, -0.2) is 33.4 Å². The molecular weight excluding hydrogens is 280 g/mol. The third kappa shape index (κ3) is 2.46. The molecule has 0 saturated carbocycles. The van der Waals surface area contributed by atoms with Gasteiger partial charge in [0.2, 0.25) is 0 Å². The van der Waals surface area contributed by atoms with Crippen LogP contribution >= 0.6 is 11.6 Å². The van der Waals surface area contributed by atoms with Gasteiger partial charge in [0, 0.05) is 25.9 Å². The van der Waals surface area contributed by atoms with Crippen molar-refractivity contribution in [2.45, 2.75) is 6.61 Å². The molecule has 1 heterocycles. The first kappa shape index (κ1) is 14.7. The van der Waals surface area contributed by atoms with Gasteiger partial charge in [-0.05, 0) is 6.07 Å². The molecule has 0 fully saturated rings. The van der Waals surface area contributed by atoms with Crippen LogP contribution in [0.15, 0.2) is 12.1 Å². The van der Waals surface area contributed by atoms with E-state index in [-0.39, 0.29) is 0 Å². The maximum absolute atomic E-state index is 6.23. The average Bonchev–Trinajstić information content (AvgIpc) is 2.46. The van der Waals surface area contributed by atoms with Crippen molar-refractivity contribution in [3.8, 4) is 11.5 Å². The van der Waals surface area contributed by atoms with E-state index < -0.39 is 0 Å². The number of pyridine rings is 1. The number of halogens is 1. The molecule has 0 aliphatic heterocycles. The summed E-state index contributed by atoms with van der Waals surface area (Å²) in [6, 6.07) is 3.61. The van der Waals surface area contributed by atoms with Crippen LogP contribution in [0.1, 0.15) is 5.69 Å². The minimum absolute atomic E-state index is 0.415. The molecule has 0 bridgehead atoms. The molecule has 0 atom stereocenters. The zero-order valence-electron chi connectivity index (χ0n) is 11.9. The van der Waals surface area contributed by atoms with Crippen LogP contribution in [0.4, 0.5) is 5.69 Å². The molecule has 20 heavy (non-hydrogen) atoms. The first-order valence-electron chi connectivity index (χ1n) is 6.07. The standard InChI is InChI=1S/C14H17ClN2O3/c1-16-10-5-8(7-18-2)17-13-11(19-3)6-9(15)14(20-4)12(10)13/h5-6H,7H2,1-4H3,(H,16,17). The average molecular weight is 297 g/mol. The quantitative estimate of drug-likeness (QED) is 0.919. The number of rotatable bonds is 5. The van der Waals surface area contributed by atoms with Gasteiger partial charge in [0.05, 0.1) is 36.9 Å². The molecule has 5 nitrogen and oxygen atoms in total. The molecule has 0 aliphatic carbocycles. The molecule has 1 aromatic carbocycles. The molecule has 2 rings (SSSR count). The van der Waals surface area contributed by atoms with Crippen molar-refractivity contribution in [2.75, 3.05) is 33.7 Å². The Labute approximate surface area is 122 Å². The van der Waals surface area contributed by atoms with Gasteiger partial charge in [0.15, 0.2) is 0 Å². The molecule has 6 heteroatoms. The highest BCUT2D eigenvalue weighted by Gasteiger charge is 2.17. The van der Waals surface area contributed by atoms with E-state index in [0.29, 0.717) is 28.6 Å². The van der Waals surface area contributed by atoms with Gasteiger partial charge in [-0.2, -0.15) is 0 Å². The molecule has 0 radical (unpaired) electrons. The second-order valence-corrected chi connectivity index (χ2v) is 4.57. The van der Waals surface area contributed by atoms with Crippen LogP contribution in [0.3, 0.4) is 0 Å². The van der Waals surface area contributed by atoms with Crippen LogP contribution in [0.25, 0.3) is 10.9 Å². The molecular formula is C14H17ClN2O3. The number of anilines is 1. The predicted octanol–water partition coefficient (Wildman–Crippen LogP) is 3.09. The molecule has 0 unspecified atom stereocenters. The summed E-state index contributed by atoms with van der Waals surface area (Å²) in [5.41, 5.74) is 2.35. The summed E-state index contributed by atoms with van der Waals surface area (Å²) in [7, 11) is 6.62. The van der Waals surface area contributed by atoms with Crippen molar-refractivity contribution in [3.05, 3.63) is 22.8 Å². The topological polar surface area (TPSA) is 52.6 Å². The molecule has 108 valence electrons. The zero-order chi connectivity index (χ0) is 14.7. The monoisotopic (exact) mass is 296 g/mol. The number of hydrogen-bond donors (Lipinski definition) is 1. The van der Waals surface area contributed by atoms with E-state index in [2.05, 4.69) is 10.3 Å². The van der Waals surface area contributed by atoms with Crippen LogP contribution in [0.5, 0.6) is 11.5 Å². The van der Waals surface area contributed by atoms with E-state index in [1.807, 2.05) is 13.1 Å². The Balaban J connectivity index is 2.86. The van der Waals surface area contributed by atoms with Gasteiger partial charge in [-0.1, -0.05) is 11.6 Å². The number of aromatic nitrogens is 1. The summed E-state index contributed by atoms with van der Waals surface area (Å²) in [6.45, 7) is 0.415. The number of nitrogens with one attached hydrogen (secondary N) is 1. The Morgan fingerprint density at radius 1 is 1.20 bits per heavy atom. The molecule has 0 saturated heterocycles. The number of hydrogen-bond acceptors (Lipinski definition) is 5. The summed E-state index contributed by atoms with van der Waals surface area (Å²) in [5.74, 6) is 1.17. The largest absolute Gasteiger partial charge is 0.494 e. The van der Waals surface area contributed by atoms with E-state index in [1.54, 1.807) is 27.4 Å². The molecule has 0 amide bonds. The van der Waals surface area contributed by atoms with Crippen LogP contribution in [0, 0.1) is 0 Å². The smallest absolute Gasteiger partial charge is 0.149 e. The highest BCUT2D eigenvalue weighted by molar-refractivity contribution is 6.34. The number of benzene rings is 1. The van der Waals surface area contributed by atoms with E-state index in [9.17, 15) is 0 Å². The minimum Gasteiger partial charge on any atom is -0.494 e. The third-order valence-electron chi connectivity index (χ3n) is 2.99. The fraction of sp³-hybridized carbons (Fsp3) is 0.357. The normalized spacial score (nSPS) is 10.7. The molecule has 2 aromatic rings. The first-order valence-corrected chi connectivity index (χ1v) is 6.44. The van der Waals surface area contributed by atoms with Crippen molar-refractivity contribution in [3.63, 3.8) is 0 Å². The molecule has 0 aliphatic rings. The number of ether oxygens (including phenoxy) is 3. The maximum atomic E-state index is 6.23. The van der Waals surface area contributed by atoms with Crippen molar-refractivity contribution < 1.29 is 14.2 Å². The summed E-state index contributed by atoms with van der Waals surface area (Å²) >= 11 is 6.23. The SMILES string of the molecule is CNc1cc(COC)nc2c(OC)cc(Cl)c(OC)c12. The summed E-state index contributed by atoms with van der Waals surface area (Å²) < 4.78 is 15.9. The summed E-state index contributed by atoms with van der Waals surface area (Å²) in [5, 5.41) is 4.40. The van der Waals surface area contributed by atoms with Gasteiger partial charge in [-0.3, -0.25) is 0 Å². The van der Waals surface area contributed by atoms with Gasteiger partial charge in [0.25, 0.3) is 0 Å². The third-order valence-corrected chi connectivity index (χ3v) is 3.27. The predicted molar refractivity (Wildman–Crippen MR) is 80.1 cm³/mol. The number of fused-ring (bicyclic) bond motifs is 1. The van der Waals surface area contributed by atoms with Crippen LogP contribution in [-0.2, 0) is 11.3 Å². The fourth-order valence-corrected chi connectivity index (χ4v) is 2.42. The second-order valence-electron chi connectivity index (χ2n) is 4.16. The minimum atomic E-state index is 0.415. The highest BCUT2D eigenvalue weighted by Crippen LogP contribution is 2.42. The van der Waals surface area contributed by atoms with Crippen LogP contribution < -0.4 is 14.8 Å². The number of nitrogens with zero attached hydrogens (tertiary/aromatic N) is 1. The van der Waals surface area contributed by atoms with E-state index in [0.717, 1.165) is 16.8 Å². The van der Waals surface area contributed by atoms with Crippen molar-refractivity contribution in [1.29, 1.82) is 0 Å². The van der Waals surface area contributed by atoms with E-state index in [1.165, 1.54) is 0 Å². The van der Waals surface area contributed by atoms with Crippen LogP contribution in [0.2, 0.25) is 5.02 Å². The Hall–Kier alpha value is -1.72. The fourth-order valence-electron chi connectivity index (χ4n) is 2.15. The zero-order valence-corrected chi connectivity index (χ0v) is 12.7. The van der Waals surface area contributed by atoms with Crippen molar-refractivity contribution in [1.82, 2.24) is 4.98 Å². The molecule has 0 spiro atoms. The van der Waals surface area contributed by atoms with Gasteiger partial charge in [0.1, 0.15) is 17.0 Å². The lowest BCUT2D eigenvalue weighted by Crippen LogP contribution is -2.01. The lowest BCUT2D eigenvalue weighted by molar-refractivity contribution is 0.182. The maximum Gasteiger partial charge on any atom is 0.149 e. The van der Waals surface area contributed by atoms with E-state index >= 15 is 0 Å². The van der Waals surface area contributed by atoms with Gasteiger partial charge < -0.3 is 19.5 Å². The summed E-state index contributed by atoms with van der Waals surface area (Å²) in [4.78, 5) is 4.57. The summed E-state index contributed by atoms with van der Waals surface area (Å²) in [6.07, 6.45) is 0. The Bertz CT molecular complexity index is 632. The van der Waals surface area contributed by atoms with Gasteiger partial charge in [-0.15, -0.1) is 0 Å². The van der Waals surface area contributed by atoms with E-state index in [4.69, 9.17) is 25.8 Å². The number of methoxy groups -OCH3 is 3. The molecule has 1 aromatic heterocycles. The van der Waals surface area contributed by atoms with Crippen molar-refractivity contribution >= 4 is 28.2 Å². The van der Waals surface area contributed by atoms with Gasteiger partial charge >= 0.3 is 0 Å². The molecule has 1 N–H and O–H groups in total. The first-order chi connectivity index (χ1) is 9.65. The lowest BCUT2D eigenvalue weighted by atomic mass is 10.1. The van der Waals surface area contributed by atoms with Gasteiger partial charge in [-0.25, -0.2) is 4.98 Å². The Morgan fingerprint density at radius 3 is 2.50 bits per heavy atom. The second kappa shape index (κ2) is 6.15. The lowest BCUT2D eigenvalue weighted by Gasteiger charge is -2.15. The Morgan fingerprint density at radius 2 is 1.95 bits per heavy atom. The van der Waals surface area contributed by atoms with Crippen molar-refractivity contribution in [2.24, 2.45) is 0 Å².